The summed E-state index contributed by atoms with van der Waals surface area (Å²) in [6, 6.07) is 7.13. The Labute approximate surface area is 154 Å². The van der Waals surface area contributed by atoms with Crippen LogP contribution in [0.25, 0.3) is 0 Å². The highest BCUT2D eigenvalue weighted by Crippen LogP contribution is 2.14. The van der Waals surface area contributed by atoms with Crippen molar-refractivity contribution in [3.05, 3.63) is 35.4 Å². The zero-order chi connectivity index (χ0) is 19.3. The molecule has 3 amide bonds. The van der Waals surface area contributed by atoms with Gasteiger partial charge in [-0.25, -0.2) is 0 Å². The summed E-state index contributed by atoms with van der Waals surface area (Å²) < 4.78 is 0. The second-order valence-electron chi connectivity index (χ2n) is 6.97. The molecule has 2 rings (SSSR count). The molecular formula is C19H28N4O3. The number of benzene rings is 1. The Morgan fingerprint density at radius 3 is 2.35 bits per heavy atom. The van der Waals surface area contributed by atoms with Crippen LogP contribution >= 0.6 is 0 Å². The minimum atomic E-state index is -0.0589. The number of rotatable bonds is 5. The molecule has 0 saturated carbocycles. The number of amides is 3. The fourth-order valence-electron chi connectivity index (χ4n) is 3.10. The van der Waals surface area contributed by atoms with Crippen molar-refractivity contribution in [3.8, 4) is 0 Å². The molecule has 1 heterocycles. The van der Waals surface area contributed by atoms with Crippen LogP contribution in [-0.2, 0) is 16.0 Å². The smallest absolute Gasteiger partial charge is 0.253 e. The number of nitrogens with zero attached hydrogens (tertiary/aromatic N) is 3. The van der Waals surface area contributed by atoms with E-state index in [1.165, 1.54) is 0 Å². The van der Waals surface area contributed by atoms with E-state index in [9.17, 15) is 14.4 Å². The molecule has 0 radical (unpaired) electrons. The average Bonchev–Trinajstić information content (AvgIpc) is 2.60. The molecule has 0 bridgehead atoms. The van der Waals surface area contributed by atoms with Crippen LogP contribution in [-0.4, -0.2) is 85.8 Å². The van der Waals surface area contributed by atoms with Crippen LogP contribution in [0.15, 0.2) is 24.3 Å². The highest BCUT2D eigenvalue weighted by molar-refractivity contribution is 5.94. The van der Waals surface area contributed by atoms with Crippen molar-refractivity contribution in [1.82, 2.24) is 20.0 Å². The molecule has 1 aliphatic rings. The molecule has 1 fully saturated rings. The summed E-state index contributed by atoms with van der Waals surface area (Å²) in [6.45, 7) is 3.96. The summed E-state index contributed by atoms with van der Waals surface area (Å²) in [5.74, 6) is -0.00683. The van der Waals surface area contributed by atoms with Crippen LogP contribution in [0.5, 0.6) is 0 Å². The summed E-state index contributed by atoms with van der Waals surface area (Å²) in [6.07, 6.45) is 0.300. The van der Waals surface area contributed by atoms with E-state index in [0.717, 1.165) is 5.56 Å². The molecule has 142 valence electrons. The molecule has 1 aromatic carbocycles. The van der Waals surface area contributed by atoms with Gasteiger partial charge in [-0.1, -0.05) is 12.1 Å². The van der Waals surface area contributed by atoms with E-state index in [2.05, 4.69) is 5.32 Å². The minimum absolute atomic E-state index is 0.00678. The van der Waals surface area contributed by atoms with Gasteiger partial charge in [0.25, 0.3) is 5.91 Å². The molecule has 1 saturated heterocycles. The van der Waals surface area contributed by atoms with Gasteiger partial charge >= 0.3 is 0 Å². The van der Waals surface area contributed by atoms with Gasteiger partial charge in [-0.15, -0.1) is 0 Å². The van der Waals surface area contributed by atoms with Crippen molar-refractivity contribution in [2.75, 3.05) is 47.3 Å². The maximum atomic E-state index is 12.7. The van der Waals surface area contributed by atoms with Crippen LogP contribution in [0.1, 0.15) is 22.8 Å². The lowest BCUT2D eigenvalue weighted by molar-refractivity contribution is -0.135. The first-order chi connectivity index (χ1) is 12.3. The van der Waals surface area contributed by atoms with Crippen molar-refractivity contribution in [2.45, 2.75) is 19.4 Å². The summed E-state index contributed by atoms with van der Waals surface area (Å²) in [5, 5.41) is 2.58. The van der Waals surface area contributed by atoms with Crippen LogP contribution in [0.2, 0.25) is 0 Å². The molecule has 0 unspecified atom stereocenters. The molecule has 1 aromatic rings. The lowest BCUT2D eigenvalue weighted by atomic mass is 10.1. The standard InChI is InChI=1S/C19H28N4O3/c1-14-12-22(9-10-23(14)18(25)13-21(3)4)19(26)16-7-5-15(6-8-16)11-17(24)20-2/h5-8,14H,9-13H2,1-4H3,(H,20,24)/t14-/m1/s1. The highest BCUT2D eigenvalue weighted by Gasteiger charge is 2.30. The fourth-order valence-corrected chi connectivity index (χ4v) is 3.10. The molecular weight excluding hydrogens is 332 g/mol. The Hall–Kier alpha value is -2.41. The van der Waals surface area contributed by atoms with Gasteiger partial charge in [-0.05, 0) is 38.7 Å². The Balaban J connectivity index is 1.96. The van der Waals surface area contributed by atoms with E-state index in [4.69, 9.17) is 0 Å². The zero-order valence-corrected chi connectivity index (χ0v) is 16.0. The topological polar surface area (TPSA) is 73.0 Å². The van der Waals surface area contributed by atoms with E-state index >= 15 is 0 Å². The monoisotopic (exact) mass is 360 g/mol. The molecule has 1 N–H and O–H groups in total. The first-order valence-corrected chi connectivity index (χ1v) is 8.84. The largest absolute Gasteiger partial charge is 0.359 e. The number of hydrogen-bond acceptors (Lipinski definition) is 4. The molecule has 1 aliphatic heterocycles. The SMILES string of the molecule is CNC(=O)Cc1ccc(C(=O)N2CCN(C(=O)CN(C)C)[C@H](C)C2)cc1. The third-order valence-corrected chi connectivity index (χ3v) is 4.53. The summed E-state index contributed by atoms with van der Waals surface area (Å²) >= 11 is 0. The molecule has 1 atom stereocenters. The van der Waals surface area contributed by atoms with Crippen molar-refractivity contribution >= 4 is 17.7 Å². The molecule has 0 spiro atoms. The van der Waals surface area contributed by atoms with E-state index in [-0.39, 0.29) is 23.8 Å². The van der Waals surface area contributed by atoms with Gasteiger partial charge in [-0.3, -0.25) is 14.4 Å². The summed E-state index contributed by atoms with van der Waals surface area (Å²) in [4.78, 5) is 41.9. The Morgan fingerprint density at radius 2 is 1.81 bits per heavy atom. The molecule has 0 aliphatic carbocycles. The third kappa shape index (κ3) is 5.05. The molecule has 7 heteroatoms. The van der Waals surface area contributed by atoms with E-state index in [1.54, 1.807) is 24.1 Å². The van der Waals surface area contributed by atoms with Gasteiger partial charge in [0, 0.05) is 38.3 Å². The van der Waals surface area contributed by atoms with E-state index < -0.39 is 0 Å². The highest BCUT2D eigenvalue weighted by atomic mass is 16.2. The second kappa shape index (κ2) is 8.80. The van der Waals surface area contributed by atoms with Gasteiger partial charge in [0.15, 0.2) is 0 Å². The van der Waals surface area contributed by atoms with Gasteiger partial charge in [0.2, 0.25) is 11.8 Å². The van der Waals surface area contributed by atoms with Crippen molar-refractivity contribution < 1.29 is 14.4 Å². The number of likely N-dealkylation sites (N-methyl/N-ethyl adjacent to an activating group) is 2. The van der Waals surface area contributed by atoms with Crippen molar-refractivity contribution in [3.63, 3.8) is 0 Å². The van der Waals surface area contributed by atoms with Gasteiger partial charge < -0.3 is 20.0 Å². The number of carbonyl (C=O) groups excluding carboxylic acids is 3. The lowest BCUT2D eigenvalue weighted by Crippen LogP contribution is -2.56. The van der Waals surface area contributed by atoms with E-state index in [0.29, 0.717) is 38.2 Å². The van der Waals surface area contributed by atoms with Gasteiger partial charge in [0.05, 0.1) is 13.0 Å². The van der Waals surface area contributed by atoms with Crippen LogP contribution in [0.3, 0.4) is 0 Å². The quantitative estimate of drug-likeness (QED) is 0.815. The minimum Gasteiger partial charge on any atom is -0.359 e. The molecule has 26 heavy (non-hydrogen) atoms. The van der Waals surface area contributed by atoms with Crippen molar-refractivity contribution in [1.29, 1.82) is 0 Å². The van der Waals surface area contributed by atoms with Gasteiger partial charge in [0.1, 0.15) is 0 Å². The van der Waals surface area contributed by atoms with Gasteiger partial charge in [-0.2, -0.15) is 0 Å². The fraction of sp³-hybridized carbons (Fsp3) is 0.526. The third-order valence-electron chi connectivity index (χ3n) is 4.53. The maximum Gasteiger partial charge on any atom is 0.253 e. The normalized spacial score (nSPS) is 17.3. The lowest BCUT2D eigenvalue weighted by Gasteiger charge is -2.40. The Kier molecular flexibility index (Phi) is 6.74. The van der Waals surface area contributed by atoms with E-state index in [1.807, 2.05) is 43.0 Å². The Morgan fingerprint density at radius 1 is 1.15 bits per heavy atom. The predicted octanol–water partition coefficient (Wildman–Crippen LogP) is 0.210. The molecule has 7 nitrogen and oxygen atoms in total. The molecule has 0 aromatic heterocycles. The van der Waals surface area contributed by atoms with Crippen molar-refractivity contribution in [2.24, 2.45) is 0 Å². The summed E-state index contributed by atoms with van der Waals surface area (Å²) in [5.41, 5.74) is 1.47. The van der Waals surface area contributed by atoms with Crippen LogP contribution in [0, 0.1) is 0 Å². The van der Waals surface area contributed by atoms with Crippen LogP contribution < -0.4 is 5.32 Å². The predicted molar refractivity (Wildman–Crippen MR) is 99.8 cm³/mol. The first-order valence-electron chi connectivity index (χ1n) is 8.84. The number of piperazine rings is 1. The maximum absolute atomic E-state index is 12.7. The average molecular weight is 360 g/mol. The second-order valence-corrected chi connectivity index (χ2v) is 6.97. The summed E-state index contributed by atoms with van der Waals surface area (Å²) in [7, 11) is 5.34. The number of hydrogen-bond donors (Lipinski definition) is 1. The Bertz CT molecular complexity index is 657. The number of carbonyl (C=O) groups is 3. The number of nitrogens with one attached hydrogen (secondary N) is 1. The first kappa shape index (κ1) is 19.9. The zero-order valence-electron chi connectivity index (χ0n) is 16.0. The van der Waals surface area contributed by atoms with Crippen LogP contribution in [0.4, 0.5) is 0 Å².